The zero-order valence-electron chi connectivity index (χ0n) is 11.3. The third kappa shape index (κ3) is 4.61. The van der Waals surface area contributed by atoms with Gasteiger partial charge in [0.15, 0.2) is 0 Å². The van der Waals surface area contributed by atoms with Gasteiger partial charge >= 0.3 is 6.03 Å². The largest absolute Gasteiger partial charge is 0.338 e. The molecule has 0 aliphatic carbocycles. The first-order valence-electron chi connectivity index (χ1n) is 6.48. The fourth-order valence-electron chi connectivity index (χ4n) is 1.81. The van der Waals surface area contributed by atoms with Gasteiger partial charge in [-0.2, -0.15) is 0 Å². The van der Waals surface area contributed by atoms with E-state index in [1.807, 2.05) is 29.3 Å². The number of amides is 2. The second-order valence-electron chi connectivity index (χ2n) is 4.28. The Labute approximate surface area is 135 Å². The SMILES string of the molecule is CCN(Cc1cccs1)C(=O)NCCc1ccc(Br)s1. The van der Waals surface area contributed by atoms with Gasteiger partial charge in [0.05, 0.1) is 10.3 Å². The van der Waals surface area contributed by atoms with Gasteiger partial charge in [-0.1, -0.05) is 6.07 Å². The van der Waals surface area contributed by atoms with Crippen molar-refractivity contribution in [3.8, 4) is 0 Å². The predicted molar refractivity (Wildman–Crippen MR) is 89.5 cm³/mol. The summed E-state index contributed by atoms with van der Waals surface area (Å²) in [5.74, 6) is 0. The van der Waals surface area contributed by atoms with E-state index >= 15 is 0 Å². The fourth-order valence-corrected chi connectivity index (χ4v) is 4.01. The molecule has 20 heavy (non-hydrogen) atoms. The maximum atomic E-state index is 12.1. The third-order valence-corrected chi connectivity index (χ3v) is 5.42. The van der Waals surface area contributed by atoms with Crippen molar-refractivity contribution in [3.05, 3.63) is 43.2 Å². The summed E-state index contributed by atoms with van der Waals surface area (Å²) < 4.78 is 1.13. The lowest BCUT2D eigenvalue weighted by Crippen LogP contribution is -2.40. The van der Waals surface area contributed by atoms with Crippen LogP contribution in [-0.2, 0) is 13.0 Å². The van der Waals surface area contributed by atoms with Gasteiger partial charge in [0, 0.05) is 22.8 Å². The van der Waals surface area contributed by atoms with E-state index in [0.29, 0.717) is 19.6 Å². The molecule has 0 bridgehead atoms. The Balaban J connectivity index is 1.77. The number of carbonyl (C=O) groups excluding carboxylic acids is 1. The summed E-state index contributed by atoms with van der Waals surface area (Å²) in [6.45, 7) is 4.08. The number of carbonyl (C=O) groups is 1. The normalized spacial score (nSPS) is 10.5. The highest BCUT2D eigenvalue weighted by Crippen LogP contribution is 2.22. The van der Waals surface area contributed by atoms with E-state index in [1.54, 1.807) is 22.7 Å². The van der Waals surface area contributed by atoms with E-state index in [9.17, 15) is 4.79 Å². The van der Waals surface area contributed by atoms with Gasteiger partial charge in [-0.25, -0.2) is 4.79 Å². The number of nitrogens with one attached hydrogen (secondary N) is 1. The Morgan fingerprint density at radius 1 is 1.35 bits per heavy atom. The predicted octanol–water partition coefficient (Wildman–Crippen LogP) is 4.35. The molecule has 2 heterocycles. The van der Waals surface area contributed by atoms with Crippen molar-refractivity contribution in [1.82, 2.24) is 10.2 Å². The maximum absolute atomic E-state index is 12.1. The summed E-state index contributed by atoms with van der Waals surface area (Å²) in [7, 11) is 0. The summed E-state index contributed by atoms with van der Waals surface area (Å²) in [4.78, 5) is 16.4. The van der Waals surface area contributed by atoms with E-state index in [1.165, 1.54) is 9.75 Å². The maximum Gasteiger partial charge on any atom is 0.317 e. The first-order chi connectivity index (χ1) is 9.69. The van der Waals surface area contributed by atoms with Crippen LogP contribution in [0.1, 0.15) is 16.7 Å². The molecule has 0 saturated carbocycles. The van der Waals surface area contributed by atoms with Crippen molar-refractivity contribution in [2.24, 2.45) is 0 Å². The molecule has 0 aromatic carbocycles. The van der Waals surface area contributed by atoms with Gasteiger partial charge in [0.2, 0.25) is 0 Å². The minimum Gasteiger partial charge on any atom is -0.338 e. The van der Waals surface area contributed by atoms with Crippen LogP contribution in [0.2, 0.25) is 0 Å². The molecule has 108 valence electrons. The van der Waals surface area contributed by atoms with Crippen molar-refractivity contribution in [3.63, 3.8) is 0 Å². The van der Waals surface area contributed by atoms with Gasteiger partial charge in [0.25, 0.3) is 0 Å². The van der Waals surface area contributed by atoms with Crippen molar-refractivity contribution >= 4 is 44.6 Å². The average molecular weight is 373 g/mol. The molecular formula is C14H17BrN2OS2. The summed E-state index contributed by atoms with van der Waals surface area (Å²) in [5, 5.41) is 5.02. The molecule has 0 fully saturated rings. The van der Waals surface area contributed by atoms with Gasteiger partial charge < -0.3 is 10.2 Å². The van der Waals surface area contributed by atoms with Crippen LogP contribution in [0.15, 0.2) is 33.4 Å². The molecule has 0 atom stereocenters. The number of hydrogen-bond acceptors (Lipinski definition) is 3. The Bertz CT molecular complexity index is 539. The Morgan fingerprint density at radius 2 is 2.20 bits per heavy atom. The molecule has 2 aromatic rings. The molecule has 0 aliphatic rings. The summed E-state index contributed by atoms with van der Waals surface area (Å²) in [6.07, 6.45) is 0.874. The average Bonchev–Trinajstić information content (AvgIpc) is 3.07. The molecule has 2 rings (SSSR count). The van der Waals surface area contributed by atoms with Crippen LogP contribution in [0.3, 0.4) is 0 Å². The third-order valence-electron chi connectivity index (χ3n) is 2.87. The number of thiophene rings is 2. The Morgan fingerprint density at radius 3 is 2.80 bits per heavy atom. The van der Waals surface area contributed by atoms with E-state index < -0.39 is 0 Å². The smallest absolute Gasteiger partial charge is 0.317 e. The van der Waals surface area contributed by atoms with Gasteiger partial charge in [-0.05, 0) is 52.9 Å². The minimum atomic E-state index is 0.0107. The molecule has 2 amide bonds. The summed E-state index contributed by atoms with van der Waals surface area (Å²) >= 11 is 6.84. The minimum absolute atomic E-state index is 0.0107. The molecule has 1 N–H and O–H groups in total. The van der Waals surface area contributed by atoms with E-state index in [2.05, 4.69) is 33.4 Å². The molecule has 0 radical (unpaired) electrons. The van der Waals surface area contributed by atoms with Crippen molar-refractivity contribution in [2.45, 2.75) is 19.9 Å². The summed E-state index contributed by atoms with van der Waals surface area (Å²) in [5.41, 5.74) is 0. The van der Waals surface area contributed by atoms with Gasteiger partial charge in [0.1, 0.15) is 0 Å². The molecular weight excluding hydrogens is 356 g/mol. The highest BCUT2D eigenvalue weighted by Gasteiger charge is 2.11. The Kier molecular flexibility index (Phi) is 6.06. The number of rotatable bonds is 6. The van der Waals surface area contributed by atoms with Crippen molar-refractivity contribution < 1.29 is 4.79 Å². The van der Waals surface area contributed by atoms with Crippen LogP contribution >= 0.6 is 38.6 Å². The number of hydrogen-bond donors (Lipinski definition) is 1. The zero-order valence-corrected chi connectivity index (χ0v) is 14.5. The second kappa shape index (κ2) is 7.81. The first kappa shape index (κ1) is 15.5. The topological polar surface area (TPSA) is 32.3 Å². The number of nitrogens with zero attached hydrogens (tertiary/aromatic N) is 1. The quantitative estimate of drug-likeness (QED) is 0.802. The lowest BCUT2D eigenvalue weighted by Gasteiger charge is -2.20. The Hall–Kier alpha value is -0.850. The molecule has 3 nitrogen and oxygen atoms in total. The monoisotopic (exact) mass is 372 g/mol. The molecule has 6 heteroatoms. The molecule has 0 unspecified atom stereocenters. The zero-order chi connectivity index (χ0) is 14.4. The van der Waals surface area contributed by atoms with Crippen molar-refractivity contribution in [1.29, 1.82) is 0 Å². The molecule has 0 spiro atoms. The van der Waals surface area contributed by atoms with E-state index in [0.717, 1.165) is 10.2 Å². The second-order valence-corrected chi connectivity index (χ2v) is 7.86. The van der Waals surface area contributed by atoms with Crippen molar-refractivity contribution in [2.75, 3.05) is 13.1 Å². The van der Waals surface area contributed by atoms with Gasteiger partial charge in [-0.15, -0.1) is 22.7 Å². The van der Waals surface area contributed by atoms with Crippen LogP contribution < -0.4 is 5.32 Å². The summed E-state index contributed by atoms with van der Waals surface area (Å²) in [6, 6.07) is 8.21. The standard InChI is InChI=1S/C14H17BrN2OS2/c1-2-17(10-12-4-3-9-19-12)14(18)16-8-7-11-5-6-13(15)20-11/h3-6,9H,2,7-8,10H2,1H3,(H,16,18). The molecule has 2 aromatic heterocycles. The highest BCUT2D eigenvalue weighted by molar-refractivity contribution is 9.11. The number of urea groups is 1. The number of halogens is 1. The van der Waals surface area contributed by atoms with Crippen LogP contribution in [0, 0.1) is 0 Å². The molecule has 0 aliphatic heterocycles. The van der Waals surface area contributed by atoms with E-state index in [-0.39, 0.29) is 6.03 Å². The lowest BCUT2D eigenvalue weighted by molar-refractivity contribution is 0.199. The highest BCUT2D eigenvalue weighted by atomic mass is 79.9. The van der Waals surface area contributed by atoms with Crippen LogP contribution in [0.25, 0.3) is 0 Å². The van der Waals surface area contributed by atoms with Crippen LogP contribution in [-0.4, -0.2) is 24.0 Å². The molecule has 0 saturated heterocycles. The van der Waals surface area contributed by atoms with Gasteiger partial charge in [-0.3, -0.25) is 0 Å². The fraction of sp³-hybridized carbons (Fsp3) is 0.357. The first-order valence-corrected chi connectivity index (χ1v) is 8.97. The lowest BCUT2D eigenvalue weighted by atomic mass is 10.3. The van der Waals surface area contributed by atoms with Crippen LogP contribution in [0.4, 0.5) is 4.79 Å². The van der Waals surface area contributed by atoms with Crippen LogP contribution in [0.5, 0.6) is 0 Å². The van der Waals surface area contributed by atoms with E-state index in [4.69, 9.17) is 0 Å².